The van der Waals surface area contributed by atoms with Gasteiger partial charge in [-0.25, -0.2) is 0 Å². The molecule has 40 heavy (non-hydrogen) atoms. The predicted molar refractivity (Wildman–Crippen MR) is 169 cm³/mol. The fourth-order valence-corrected chi connectivity index (χ4v) is 6.93. The second-order valence-electron chi connectivity index (χ2n) is 10.7. The average Bonchev–Trinajstić information content (AvgIpc) is 3.63. The quantitative estimate of drug-likeness (QED) is 0.219. The largest absolute Gasteiger partial charge is 0.343 e. The molecule has 0 aliphatic rings. The molecule has 0 spiro atoms. The van der Waals surface area contributed by atoms with Gasteiger partial charge in [-0.2, -0.15) is 0 Å². The summed E-state index contributed by atoms with van der Waals surface area (Å²) in [6, 6.07) is 48.5. The Morgan fingerprint density at radius 2 is 0.850 bits per heavy atom. The molecule has 188 valence electrons. The number of aromatic nitrogens is 3. The zero-order valence-corrected chi connectivity index (χ0v) is 22.0. The standard InChI is InChI=1S/C37H25N3/c1-38-34-19-10-20-35(40-32-17-8-4-13-27(32)28-14-5-9-18-33(28)40)37(34)29-22-21-24(23-36(29)38)39-30-15-6-2-11-25(30)26-12-3-7-16-31(26)39/h2-23H,1H3. The topological polar surface area (TPSA) is 14.8 Å². The summed E-state index contributed by atoms with van der Waals surface area (Å²) >= 11 is 0. The number of aryl methyl sites for hydroxylation is 1. The zero-order chi connectivity index (χ0) is 26.4. The van der Waals surface area contributed by atoms with Gasteiger partial charge in [0.15, 0.2) is 0 Å². The summed E-state index contributed by atoms with van der Waals surface area (Å²) in [4.78, 5) is 0. The molecule has 0 saturated carbocycles. The van der Waals surface area contributed by atoms with Crippen molar-refractivity contribution in [1.29, 1.82) is 0 Å². The summed E-state index contributed by atoms with van der Waals surface area (Å²) in [6.07, 6.45) is 0. The molecule has 0 N–H and O–H groups in total. The lowest BCUT2D eigenvalue weighted by atomic mass is 10.1. The molecule has 0 radical (unpaired) electrons. The molecule has 3 heterocycles. The highest BCUT2D eigenvalue weighted by Crippen LogP contribution is 2.39. The molecule has 9 rings (SSSR count). The number of nitrogens with zero attached hydrogens (tertiary/aromatic N) is 3. The van der Waals surface area contributed by atoms with Crippen LogP contribution in [0.5, 0.6) is 0 Å². The van der Waals surface area contributed by atoms with E-state index in [2.05, 4.69) is 154 Å². The van der Waals surface area contributed by atoms with Crippen LogP contribution in [0, 0.1) is 0 Å². The van der Waals surface area contributed by atoms with E-state index in [1.54, 1.807) is 0 Å². The molecule has 0 aliphatic heterocycles. The van der Waals surface area contributed by atoms with Crippen molar-refractivity contribution in [3.05, 3.63) is 133 Å². The van der Waals surface area contributed by atoms with E-state index in [0.717, 1.165) is 0 Å². The number of benzene rings is 6. The number of rotatable bonds is 2. The first kappa shape index (κ1) is 21.6. The van der Waals surface area contributed by atoms with Gasteiger partial charge in [0.2, 0.25) is 0 Å². The minimum Gasteiger partial charge on any atom is -0.343 e. The Morgan fingerprint density at radius 3 is 1.40 bits per heavy atom. The average molecular weight is 512 g/mol. The van der Waals surface area contributed by atoms with E-state index >= 15 is 0 Å². The fourth-order valence-electron chi connectivity index (χ4n) is 6.93. The van der Waals surface area contributed by atoms with Gasteiger partial charge >= 0.3 is 0 Å². The normalized spacial score (nSPS) is 12.1. The predicted octanol–water partition coefficient (Wildman–Crippen LogP) is 9.53. The van der Waals surface area contributed by atoms with E-state index in [0.29, 0.717) is 0 Å². The molecule has 9 aromatic rings. The summed E-state index contributed by atoms with van der Waals surface area (Å²) < 4.78 is 7.18. The van der Waals surface area contributed by atoms with Gasteiger partial charge in [0.1, 0.15) is 0 Å². The zero-order valence-electron chi connectivity index (χ0n) is 22.0. The Hall–Kier alpha value is -5.28. The van der Waals surface area contributed by atoms with Gasteiger partial charge in [0.05, 0.1) is 38.8 Å². The lowest BCUT2D eigenvalue weighted by Gasteiger charge is -2.11. The Labute approximate surface area is 230 Å². The number of hydrogen-bond acceptors (Lipinski definition) is 0. The van der Waals surface area contributed by atoms with E-state index in [1.807, 2.05) is 0 Å². The first-order valence-electron chi connectivity index (χ1n) is 13.8. The molecular formula is C37H25N3. The molecule has 3 heteroatoms. The third-order valence-electron chi connectivity index (χ3n) is 8.65. The molecule has 0 fully saturated rings. The lowest BCUT2D eigenvalue weighted by Crippen LogP contribution is -1.95. The van der Waals surface area contributed by atoms with E-state index in [4.69, 9.17) is 0 Å². The van der Waals surface area contributed by atoms with Crippen LogP contribution >= 0.6 is 0 Å². The molecular weight excluding hydrogens is 486 g/mol. The van der Waals surface area contributed by atoms with Gasteiger partial charge in [-0.1, -0.05) is 84.9 Å². The van der Waals surface area contributed by atoms with E-state index in [1.165, 1.54) is 76.8 Å². The molecule has 3 nitrogen and oxygen atoms in total. The number of para-hydroxylation sites is 4. The molecule has 6 aromatic carbocycles. The molecule has 0 atom stereocenters. The number of fused-ring (bicyclic) bond motifs is 9. The summed E-state index contributed by atoms with van der Waals surface area (Å²) in [6.45, 7) is 0. The van der Waals surface area contributed by atoms with Gasteiger partial charge in [-0.15, -0.1) is 0 Å². The van der Waals surface area contributed by atoms with Crippen molar-refractivity contribution in [3.63, 3.8) is 0 Å². The Kier molecular flexibility index (Phi) is 4.26. The fraction of sp³-hybridized carbons (Fsp3) is 0.0270. The third-order valence-corrected chi connectivity index (χ3v) is 8.65. The highest BCUT2D eigenvalue weighted by Gasteiger charge is 2.19. The van der Waals surface area contributed by atoms with Crippen LogP contribution in [0.2, 0.25) is 0 Å². The van der Waals surface area contributed by atoms with Crippen LogP contribution in [0.25, 0.3) is 76.8 Å². The highest BCUT2D eigenvalue weighted by molar-refractivity contribution is 6.16. The molecule has 3 aromatic heterocycles. The summed E-state index contributed by atoms with van der Waals surface area (Å²) in [5.74, 6) is 0. The SMILES string of the molecule is Cn1c2cc(-n3c4ccccc4c4ccccc43)ccc2c2c(-n3c4ccccc4c4ccccc43)cccc21. The summed E-state index contributed by atoms with van der Waals surface area (Å²) in [5, 5.41) is 7.67. The first-order valence-corrected chi connectivity index (χ1v) is 13.8. The van der Waals surface area contributed by atoms with Gasteiger partial charge in [0.25, 0.3) is 0 Å². The Balaban J connectivity index is 1.37. The minimum absolute atomic E-state index is 1.18. The summed E-state index contributed by atoms with van der Waals surface area (Å²) in [7, 11) is 2.19. The molecule has 0 saturated heterocycles. The molecule has 0 unspecified atom stereocenters. The van der Waals surface area contributed by atoms with E-state index in [-0.39, 0.29) is 0 Å². The second-order valence-corrected chi connectivity index (χ2v) is 10.7. The van der Waals surface area contributed by atoms with Crippen molar-refractivity contribution in [1.82, 2.24) is 13.7 Å². The monoisotopic (exact) mass is 511 g/mol. The van der Waals surface area contributed by atoms with Crippen LogP contribution in [-0.2, 0) is 7.05 Å². The van der Waals surface area contributed by atoms with Crippen LogP contribution in [0.15, 0.2) is 133 Å². The van der Waals surface area contributed by atoms with Crippen LogP contribution in [0.4, 0.5) is 0 Å². The van der Waals surface area contributed by atoms with Crippen molar-refractivity contribution < 1.29 is 0 Å². The maximum Gasteiger partial charge on any atom is 0.0562 e. The smallest absolute Gasteiger partial charge is 0.0562 e. The highest BCUT2D eigenvalue weighted by atomic mass is 15.0. The van der Waals surface area contributed by atoms with Crippen molar-refractivity contribution >= 4 is 65.4 Å². The molecule has 0 bridgehead atoms. The van der Waals surface area contributed by atoms with Crippen LogP contribution in [-0.4, -0.2) is 13.7 Å². The maximum atomic E-state index is 2.44. The van der Waals surface area contributed by atoms with Crippen molar-refractivity contribution in [2.45, 2.75) is 0 Å². The summed E-state index contributed by atoms with van der Waals surface area (Å²) in [5.41, 5.74) is 9.77. The van der Waals surface area contributed by atoms with Crippen molar-refractivity contribution in [2.24, 2.45) is 7.05 Å². The van der Waals surface area contributed by atoms with Crippen LogP contribution < -0.4 is 0 Å². The van der Waals surface area contributed by atoms with Gasteiger partial charge in [-0.3, -0.25) is 0 Å². The Morgan fingerprint density at radius 1 is 0.375 bits per heavy atom. The van der Waals surface area contributed by atoms with Crippen LogP contribution in [0.3, 0.4) is 0 Å². The van der Waals surface area contributed by atoms with Gasteiger partial charge < -0.3 is 13.7 Å². The number of hydrogen-bond donors (Lipinski definition) is 0. The second kappa shape index (κ2) is 7.87. The first-order chi connectivity index (χ1) is 19.8. The maximum absolute atomic E-state index is 2.44. The lowest BCUT2D eigenvalue weighted by molar-refractivity contribution is 1.01. The van der Waals surface area contributed by atoms with Crippen LogP contribution in [0.1, 0.15) is 0 Å². The minimum atomic E-state index is 1.18. The van der Waals surface area contributed by atoms with Gasteiger partial charge in [0, 0.05) is 45.1 Å². The van der Waals surface area contributed by atoms with E-state index in [9.17, 15) is 0 Å². The molecule has 0 amide bonds. The Bertz CT molecular complexity index is 2340. The van der Waals surface area contributed by atoms with Gasteiger partial charge in [-0.05, 0) is 48.5 Å². The van der Waals surface area contributed by atoms with E-state index < -0.39 is 0 Å². The molecule has 0 aliphatic carbocycles. The van der Waals surface area contributed by atoms with Crippen molar-refractivity contribution in [3.8, 4) is 11.4 Å². The third kappa shape index (κ3) is 2.73. The van der Waals surface area contributed by atoms with Crippen molar-refractivity contribution in [2.75, 3.05) is 0 Å².